The van der Waals surface area contributed by atoms with Crippen LogP contribution in [-0.4, -0.2) is 11.5 Å². The molecule has 0 amide bonds. The number of aryl methyl sites for hydroxylation is 1. The molecule has 0 radical (unpaired) electrons. The highest BCUT2D eigenvalue weighted by atomic mass is 14.9. The number of benzene rings is 1. The Morgan fingerprint density at radius 1 is 1.11 bits per heavy atom. The Morgan fingerprint density at radius 3 is 2.53 bits per heavy atom. The summed E-state index contributed by atoms with van der Waals surface area (Å²) in [5.74, 6) is 0. The van der Waals surface area contributed by atoms with E-state index in [1.807, 2.05) is 18.3 Å². The van der Waals surface area contributed by atoms with Gasteiger partial charge in [-0.05, 0) is 31.0 Å². The molecule has 2 aromatic rings. The summed E-state index contributed by atoms with van der Waals surface area (Å²) in [7, 11) is 0. The molecular formula is C17H22N2. The molecule has 1 aromatic carbocycles. The number of nitrogens with one attached hydrogen (secondary N) is 1. The van der Waals surface area contributed by atoms with Gasteiger partial charge in [0.05, 0.1) is 0 Å². The SMILES string of the molecule is CCC(NCCc1ccccn1)c1ccc(C)cc1. The summed E-state index contributed by atoms with van der Waals surface area (Å²) >= 11 is 0. The summed E-state index contributed by atoms with van der Waals surface area (Å²) in [5.41, 5.74) is 3.83. The summed E-state index contributed by atoms with van der Waals surface area (Å²) < 4.78 is 0. The average Bonchev–Trinajstić information content (AvgIpc) is 2.46. The molecule has 1 unspecified atom stereocenters. The van der Waals surface area contributed by atoms with Crippen molar-refractivity contribution >= 4 is 0 Å². The largest absolute Gasteiger partial charge is 0.310 e. The lowest BCUT2D eigenvalue weighted by Gasteiger charge is -2.17. The molecule has 0 aliphatic heterocycles. The molecule has 0 saturated carbocycles. The van der Waals surface area contributed by atoms with Gasteiger partial charge in [0, 0.05) is 30.9 Å². The molecule has 100 valence electrons. The van der Waals surface area contributed by atoms with Crippen molar-refractivity contribution in [2.24, 2.45) is 0 Å². The molecule has 2 heteroatoms. The van der Waals surface area contributed by atoms with E-state index in [-0.39, 0.29) is 0 Å². The van der Waals surface area contributed by atoms with Gasteiger partial charge >= 0.3 is 0 Å². The van der Waals surface area contributed by atoms with Crippen molar-refractivity contribution < 1.29 is 0 Å². The smallest absolute Gasteiger partial charge is 0.0416 e. The molecule has 0 spiro atoms. The normalized spacial score (nSPS) is 12.3. The second kappa shape index (κ2) is 7.05. The van der Waals surface area contributed by atoms with Crippen molar-refractivity contribution in [1.29, 1.82) is 0 Å². The first-order valence-corrected chi connectivity index (χ1v) is 6.99. The maximum atomic E-state index is 4.35. The summed E-state index contributed by atoms with van der Waals surface area (Å²) in [4.78, 5) is 4.35. The van der Waals surface area contributed by atoms with Crippen LogP contribution in [0.3, 0.4) is 0 Å². The van der Waals surface area contributed by atoms with Crippen molar-refractivity contribution in [3.05, 3.63) is 65.5 Å². The van der Waals surface area contributed by atoms with Crippen LogP contribution in [0.5, 0.6) is 0 Å². The van der Waals surface area contributed by atoms with Gasteiger partial charge in [-0.2, -0.15) is 0 Å². The van der Waals surface area contributed by atoms with Gasteiger partial charge in [0.2, 0.25) is 0 Å². The maximum Gasteiger partial charge on any atom is 0.0416 e. The third-order valence-corrected chi connectivity index (χ3v) is 3.39. The summed E-state index contributed by atoms with van der Waals surface area (Å²) in [6, 6.07) is 15.3. The zero-order valence-electron chi connectivity index (χ0n) is 11.8. The predicted octanol–water partition coefficient (Wildman–Crippen LogP) is 3.67. The maximum absolute atomic E-state index is 4.35. The minimum Gasteiger partial charge on any atom is -0.310 e. The third-order valence-electron chi connectivity index (χ3n) is 3.39. The second-order valence-corrected chi connectivity index (χ2v) is 4.90. The van der Waals surface area contributed by atoms with E-state index < -0.39 is 0 Å². The lowest BCUT2D eigenvalue weighted by molar-refractivity contribution is 0.521. The molecule has 1 aromatic heterocycles. The summed E-state index contributed by atoms with van der Waals surface area (Å²) in [6.45, 7) is 5.31. The lowest BCUT2D eigenvalue weighted by Crippen LogP contribution is -2.23. The van der Waals surface area contributed by atoms with Crippen molar-refractivity contribution in [2.45, 2.75) is 32.7 Å². The second-order valence-electron chi connectivity index (χ2n) is 4.90. The highest BCUT2D eigenvalue weighted by Gasteiger charge is 2.07. The Morgan fingerprint density at radius 2 is 1.89 bits per heavy atom. The Balaban J connectivity index is 1.87. The van der Waals surface area contributed by atoms with Crippen LogP contribution in [-0.2, 0) is 6.42 Å². The number of hydrogen-bond acceptors (Lipinski definition) is 2. The van der Waals surface area contributed by atoms with Gasteiger partial charge in [0.1, 0.15) is 0 Å². The van der Waals surface area contributed by atoms with Crippen molar-refractivity contribution in [3.8, 4) is 0 Å². The molecule has 0 fully saturated rings. The van der Waals surface area contributed by atoms with Crippen molar-refractivity contribution in [2.75, 3.05) is 6.54 Å². The molecule has 1 N–H and O–H groups in total. The number of nitrogens with zero attached hydrogens (tertiary/aromatic N) is 1. The van der Waals surface area contributed by atoms with Gasteiger partial charge in [-0.3, -0.25) is 4.98 Å². The van der Waals surface area contributed by atoms with Crippen LogP contribution in [0.25, 0.3) is 0 Å². The van der Waals surface area contributed by atoms with Crippen LogP contribution < -0.4 is 5.32 Å². The first-order valence-electron chi connectivity index (χ1n) is 6.99. The van der Waals surface area contributed by atoms with Gasteiger partial charge in [-0.15, -0.1) is 0 Å². The van der Waals surface area contributed by atoms with Gasteiger partial charge < -0.3 is 5.32 Å². The standard InChI is InChI=1S/C17H22N2/c1-3-17(15-9-7-14(2)8-10-15)19-13-11-16-6-4-5-12-18-16/h4-10,12,17,19H,3,11,13H2,1-2H3. The fourth-order valence-corrected chi connectivity index (χ4v) is 2.22. The molecule has 1 heterocycles. The quantitative estimate of drug-likeness (QED) is 0.850. The molecule has 0 bridgehead atoms. The fourth-order valence-electron chi connectivity index (χ4n) is 2.22. The number of hydrogen-bond donors (Lipinski definition) is 1. The van der Waals surface area contributed by atoms with E-state index in [0.717, 1.165) is 25.1 Å². The number of aromatic nitrogens is 1. The first-order chi connectivity index (χ1) is 9.29. The van der Waals surface area contributed by atoms with E-state index in [9.17, 15) is 0 Å². The Kier molecular flexibility index (Phi) is 5.10. The van der Waals surface area contributed by atoms with Gasteiger partial charge in [-0.1, -0.05) is 42.8 Å². The highest BCUT2D eigenvalue weighted by Crippen LogP contribution is 2.16. The van der Waals surface area contributed by atoms with Gasteiger partial charge in [-0.25, -0.2) is 0 Å². The van der Waals surface area contributed by atoms with Crippen LogP contribution >= 0.6 is 0 Å². The fraction of sp³-hybridized carbons (Fsp3) is 0.353. The Labute approximate surface area is 115 Å². The lowest BCUT2D eigenvalue weighted by atomic mass is 10.0. The van der Waals surface area contributed by atoms with E-state index in [4.69, 9.17) is 0 Å². The monoisotopic (exact) mass is 254 g/mol. The molecule has 0 aliphatic rings. The van der Waals surface area contributed by atoms with E-state index in [0.29, 0.717) is 6.04 Å². The summed E-state index contributed by atoms with van der Waals surface area (Å²) in [5, 5.41) is 3.61. The van der Waals surface area contributed by atoms with Crippen LogP contribution in [0.2, 0.25) is 0 Å². The minimum absolute atomic E-state index is 0.435. The Hall–Kier alpha value is -1.67. The number of rotatable bonds is 6. The van der Waals surface area contributed by atoms with Crippen LogP contribution in [0.15, 0.2) is 48.7 Å². The molecule has 0 aliphatic carbocycles. The highest BCUT2D eigenvalue weighted by molar-refractivity contribution is 5.24. The zero-order chi connectivity index (χ0) is 13.5. The van der Waals surface area contributed by atoms with Crippen LogP contribution in [0, 0.1) is 6.92 Å². The summed E-state index contributed by atoms with van der Waals surface area (Å²) in [6.07, 6.45) is 3.93. The minimum atomic E-state index is 0.435. The van der Waals surface area contributed by atoms with E-state index in [1.54, 1.807) is 0 Å². The molecular weight excluding hydrogens is 232 g/mol. The average molecular weight is 254 g/mol. The van der Waals surface area contributed by atoms with Crippen molar-refractivity contribution in [1.82, 2.24) is 10.3 Å². The molecule has 2 rings (SSSR count). The van der Waals surface area contributed by atoms with E-state index >= 15 is 0 Å². The topological polar surface area (TPSA) is 24.9 Å². The van der Waals surface area contributed by atoms with Crippen molar-refractivity contribution in [3.63, 3.8) is 0 Å². The molecule has 0 saturated heterocycles. The molecule has 2 nitrogen and oxygen atoms in total. The van der Waals surface area contributed by atoms with Crippen LogP contribution in [0.4, 0.5) is 0 Å². The zero-order valence-corrected chi connectivity index (χ0v) is 11.8. The Bertz CT molecular complexity index is 476. The van der Waals surface area contributed by atoms with E-state index in [2.05, 4.69) is 54.5 Å². The van der Waals surface area contributed by atoms with Gasteiger partial charge in [0.25, 0.3) is 0 Å². The molecule has 1 atom stereocenters. The predicted molar refractivity (Wildman–Crippen MR) is 80.2 cm³/mol. The number of pyridine rings is 1. The third kappa shape index (κ3) is 4.18. The van der Waals surface area contributed by atoms with Crippen LogP contribution in [0.1, 0.15) is 36.2 Å². The van der Waals surface area contributed by atoms with Gasteiger partial charge in [0.15, 0.2) is 0 Å². The first kappa shape index (κ1) is 13.8. The molecule has 19 heavy (non-hydrogen) atoms. The van der Waals surface area contributed by atoms with E-state index in [1.165, 1.54) is 11.1 Å².